The van der Waals surface area contributed by atoms with Gasteiger partial charge in [0.2, 0.25) is 0 Å². The van der Waals surface area contributed by atoms with Crippen molar-refractivity contribution in [1.82, 2.24) is 14.5 Å². The van der Waals surface area contributed by atoms with E-state index in [1.807, 2.05) is 12.3 Å². The van der Waals surface area contributed by atoms with Crippen molar-refractivity contribution in [2.24, 2.45) is 0 Å². The minimum absolute atomic E-state index is 0. The van der Waals surface area contributed by atoms with E-state index < -0.39 is 0 Å². The molecule has 5 heteroatoms. The van der Waals surface area contributed by atoms with Crippen LogP contribution in [0.15, 0.2) is 170 Å². The molecule has 66 heavy (non-hydrogen) atoms. The Kier molecular flexibility index (Phi) is 12.7. The van der Waals surface area contributed by atoms with Gasteiger partial charge in [-0.25, -0.2) is 4.98 Å². The van der Waals surface area contributed by atoms with Crippen molar-refractivity contribution in [2.45, 2.75) is 85.0 Å². The maximum Gasteiger partial charge on any atom is 0.148 e. The van der Waals surface area contributed by atoms with Crippen molar-refractivity contribution in [1.29, 1.82) is 0 Å². The van der Waals surface area contributed by atoms with Crippen LogP contribution in [0.5, 0.6) is 5.75 Å². The van der Waals surface area contributed by atoms with Crippen molar-refractivity contribution < 1.29 is 26.2 Å². The van der Waals surface area contributed by atoms with Gasteiger partial charge in [0, 0.05) is 44.1 Å². The monoisotopic (exact) mass is 1040 g/mol. The van der Waals surface area contributed by atoms with Gasteiger partial charge in [0.1, 0.15) is 11.6 Å². The van der Waals surface area contributed by atoms with Crippen LogP contribution in [0.25, 0.3) is 83.9 Å². The molecule has 0 aliphatic heterocycles. The first-order valence-electron chi connectivity index (χ1n) is 22.9. The number of aromatic hydroxyl groups is 1. The molecular weight excluding hydrogens is 986 g/mol. The molecule has 0 radical (unpaired) electrons. The Hall–Kier alpha value is -6.35. The quantitative estimate of drug-likeness (QED) is 0.147. The Bertz CT molecular complexity index is 3170. The van der Waals surface area contributed by atoms with Crippen LogP contribution in [0.3, 0.4) is 0 Å². The van der Waals surface area contributed by atoms with Gasteiger partial charge in [-0.1, -0.05) is 200 Å². The third-order valence-electron chi connectivity index (χ3n) is 13.1. The van der Waals surface area contributed by atoms with Crippen molar-refractivity contribution >= 4 is 11.0 Å². The van der Waals surface area contributed by atoms with E-state index >= 15 is 0 Å². The zero-order chi connectivity index (χ0) is 45.7. The van der Waals surface area contributed by atoms with Gasteiger partial charge in [-0.3, -0.25) is 9.55 Å². The van der Waals surface area contributed by atoms with Gasteiger partial charge >= 0.3 is 0 Å². The topological polar surface area (TPSA) is 50.9 Å². The molecule has 0 unspecified atom stereocenters. The van der Waals surface area contributed by atoms with Crippen LogP contribution >= 0.6 is 0 Å². The van der Waals surface area contributed by atoms with Gasteiger partial charge in [-0.15, -0.1) is 23.8 Å². The second kappa shape index (κ2) is 18.1. The van der Waals surface area contributed by atoms with E-state index in [9.17, 15) is 5.11 Å². The van der Waals surface area contributed by atoms with Crippen molar-refractivity contribution in [2.75, 3.05) is 0 Å². The number of hydrogen-bond donors (Lipinski definition) is 1. The molecular formula is C61H58N3OPt-. The molecule has 0 aliphatic rings. The summed E-state index contributed by atoms with van der Waals surface area (Å²) in [5, 5.41) is 12.6. The molecule has 2 aromatic heterocycles. The Morgan fingerprint density at radius 3 is 1.76 bits per heavy atom. The summed E-state index contributed by atoms with van der Waals surface area (Å²) in [6.07, 6.45) is 2.88. The van der Waals surface area contributed by atoms with Crippen LogP contribution in [-0.4, -0.2) is 19.6 Å². The number of nitrogens with zero attached hydrogens (tertiary/aromatic N) is 3. The second-order valence-corrected chi connectivity index (χ2v) is 20.1. The predicted octanol–water partition coefficient (Wildman–Crippen LogP) is 16.2. The van der Waals surface area contributed by atoms with E-state index in [2.05, 4.69) is 231 Å². The maximum atomic E-state index is 12.6. The molecule has 0 amide bonds. The Balaban J connectivity index is 0.00000592. The molecule has 0 saturated carbocycles. The third kappa shape index (κ3) is 8.97. The standard InChI is InChI=1S/C61H58N3O.Pt/c1-10-61(8,9)47-29-30-54(50(37-47)42-25-18-13-19-26-42)64-55-28-20-27-49(56(55)63-58(64)51-38-48(59(2,3)4)39-52(57(51)65)60(5,6)7)45-33-44(41-23-16-12-17-24-41)34-46(35-45)53-36-43(31-32-62-53)40-21-14-11-15-22-40;/h11-34,36-39,65H,10H2,1-9H3;/q-1;. The molecule has 0 atom stereocenters. The molecule has 1 N–H and O–H groups in total. The number of imidazole rings is 1. The first-order chi connectivity index (χ1) is 31.1. The predicted molar refractivity (Wildman–Crippen MR) is 273 cm³/mol. The second-order valence-electron chi connectivity index (χ2n) is 20.1. The minimum Gasteiger partial charge on any atom is -0.507 e. The first-order valence-corrected chi connectivity index (χ1v) is 22.9. The summed E-state index contributed by atoms with van der Waals surface area (Å²) in [6, 6.07) is 61.7. The number of pyridine rings is 1. The zero-order valence-corrected chi connectivity index (χ0v) is 41.8. The van der Waals surface area contributed by atoms with E-state index in [4.69, 9.17) is 9.97 Å². The Morgan fingerprint density at radius 2 is 1.14 bits per heavy atom. The molecule has 9 rings (SSSR count). The Morgan fingerprint density at radius 1 is 0.530 bits per heavy atom. The Labute approximate surface area is 405 Å². The summed E-state index contributed by atoms with van der Waals surface area (Å²) in [5.74, 6) is 0.927. The van der Waals surface area contributed by atoms with E-state index in [1.54, 1.807) is 0 Å². The van der Waals surface area contributed by atoms with Crippen LogP contribution in [0.1, 0.15) is 85.4 Å². The normalized spacial score (nSPS) is 12.0. The summed E-state index contributed by atoms with van der Waals surface area (Å²) in [6.45, 7) is 20.1. The summed E-state index contributed by atoms with van der Waals surface area (Å²) < 4.78 is 2.28. The fourth-order valence-corrected chi connectivity index (χ4v) is 8.79. The average molecular weight is 1040 g/mol. The van der Waals surface area contributed by atoms with Gasteiger partial charge in [0.15, 0.2) is 0 Å². The minimum atomic E-state index is -0.334. The molecule has 4 nitrogen and oxygen atoms in total. The number of phenols is 1. The van der Waals surface area contributed by atoms with Crippen LogP contribution < -0.4 is 0 Å². The number of aromatic nitrogens is 3. The smallest absolute Gasteiger partial charge is 0.148 e. The van der Waals surface area contributed by atoms with E-state index in [0.717, 1.165) is 90.0 Å². The fraction of sp³-hybridized carbons (Fsp3) is 0.213. The fourth-order valence-electron chi connectivity index (χ4n) is 8.79. The molecule has 0 fully saturated rings. The van der Waals surface area contributed by atoms with E-state index in [0.29, 0.717) is 11.4 Å². The molecule has 0 aliphatic carbocycles. The summed E-state index contributed by atoms with van der Waals surface area (Å²) >= 11 is 0. The van der Waals surface area contributed by atoms with Crippen LogP contribution in [0.2, 0.25) is 0 Å². The van der Waals surface area contributed by atoms with Crippen molar-refractivity contribution in [3.63, 3.8) is 0 Å². The summed E-state index contributed by atoms with van der Waals surface area (Å²) in [7, 11) is 0. The number of benzene rings is 7. The molecule has 7 aromatic carbocycles. The summed E-state index contributed by atoms with van der Waals surface area (Å²) in [4.78, 5) is 10.6. The van der Waals surface area contributed by atoms with Crippen molar-refractivity contribution in [3.05, 3.63) is 193 Å². The van der Waals surface area contributed by atoms with Crippen LogP contribution in [-0.2, 0) is 37.3 Å². The van der Waals surface area contributed by atoms with Gasteiger partial charge in [-0.05, 0) is 86.4 Å². The van der Waals surface area contributed by atoms with Gasteiger partial charge in [-0.2, -0.15) is 0 Å². The number of para-hydroxylation sites is 1. The van der Waals surface area contributed by atoms with Gasteiger partial charge in [0.05, 0.1) is 22.3 Å². The SMILES string of the molecule is CCC(C)(C)c1ccc(-n2c(-c3cc(C(C)(C)C)cc(C(C)(C)C)c3O)nc3c(-c4[c-]c(-c5cc(-c6ccccc6)ccn5)cc(-c5ccccc5)c4)cccc32)c(-c2ccccc2)c1.[Pt]. The summed E-state index contributed by atoms with van der Waals surface area (Å²) in [5.41, 5.74) is 16.3. The molecule has 0 bridgehead atoms. The first kappa shape index (κ1) is 46.2. The maximum absolute atomic E-state index is 12.6. The number of fused-ring (bicyclic) bond motifs is 1. The number of hydrogen-bond acceptors (Lipinski definition) is 3. The molecule has 0 saturated heterocycles. The van der Waals surface area contributed by atoms with Crippen molar-refractivity contribution in [3.8, 4) is 78.6 Å². The van der Waals surface area contributed by atoms with Gasteiger partial charge in [0.25, 0.3) is 0 Å². The van der Waals surface area contributed by atoms with Gasteiger partial charge < -0.3 is 5.11 Å². The largest absolute Gasteiger partial charge is 0.507 e. The molecule has 2 heterocycles. The zero-order valence-electron chi connectivity index (χ0n) is 39.5. The molecule has 0 spiro atoms. The number of phenolic OH excluding ortho intramolecular Hbond substituents is 1. The third-order valence-corrected chi connectivity index (χ3v) is 13.1. The molecule has 9 aromatic rings. The number of rotatable bonds is 9. The average Bonchev–Trinajstić information content (AvgIpc) is 3.71. The molecule has 334 valence electrons. The van der Waals surface area contributed by atoms with Crippen LogP contribution in [0.4, 0.5) is 0 Å². The van der Waals surface area contributed by atoms with E-state index in [1.165, 1.54) is 5.56 Å². The van der Waals surface area contributed by atoms with E-state index in [-0.39, 0.29) is 43.1 Å². The van der Waals surface area contributed by atoms with Crippen LogP contribution in [0, 0.1) is 6.07 Å².